The molecular formula is C63H121NO5. The molecule has 0 aromatic rings. The number of unbranched alkanes of at least 4 members (excludes halogenated alkanes) is 42. The molecule has 0 aliphatic rings. The number of hydrogen-bond acceptors (Lipinski definition) is 5. The molecule has 5 N–H and O–H groups in total. The molecule has 4 atom stereocenters. The van der Waals surface area contributed by atoms with E-state index in [1.165, 1.54) is 244 Å². The highest BCUT2D eigenvalue weighted by Gasteiger charge is 2.28. The molecule has 0 spiro atoms. The van der Waals surface area contributed by atoms with Gasteiger partial charge in [-0.1, -0.05) is 301 Å². The van der Waals surface area contributed by atoms with Crippen LogP contribution in [-0.2, 0) is 4.79 Å². The minimum atomic E-state index is -1.29. The molecule has 0 rings (SSSR count). The maximum absolute atomic E-state index is 12.6. The first-order valence-electron chi connectivity index (χ1n) is 30.9. The van der Waals surface area contributed by atoms with Crippen LogP contribution in [0.5, 0.6) is 0 Å². The average Bonchev–Trinajstić information content (AvgIpc) is 3.35. The lowest BCUT2D eigenvalue weighted by Gasteiger charge is -2.27. The first kappa shape index (κ1) is 67.5. The third-order valence-electron chi connectivity index (χ3n) is 14.6. The lowest BCUT2D eigenvalue weighted by molar-refractivity contribution is -0.132. The Morgan fingerprint density at radius 1 is 0.348 bits per heavy atom. The quantitative estimate of drug-likeness (QED) is 0.0308. The molecular weight excluding hydrogens is 851 g/mol. The fourth-order valence-corrected chi connectivity index (χ4v) is 9.74. The van der Waals surface area contributed by atoms with Crippen molar-refractivity contribution in [3.63, 3.8) is 0 Å². The van der Waals surface area contributed by atoms with Crippen molar-refractivity contribution >= 4 is 5.91 Å². The van der Waals surface area contributed by atoms with Crippen molar-refractivity contribution in [1.82, 2.24) is 5.32 Å². The van der Waals surface area contributed by atoms with Crippen molar-refractivity contribution in [1.29, 1.82) is 0 Å². The van der Waals surface area contributed by atoms with Crippen LogP contribution in [0.25, 0.3) is 0 Å². The molecule has 69 heavy (non-hydrogen) atoms. The molecule has 0 saturated heterocycles. The van der Waals surface area contributed by atoms with E-state index in [9.17, 15) is 25.2 Å². The average molecular weight is 973 g/mol. The monoisotopic (exact) mass is 972 g/mol. The van der Waals surface area contributed by atoms with Crippen LogP contribution in [-0.4, -0.2) is 57.3 Å². The molecule has 0 bridgehead atoms. The van der Waals surface area contributed by atoms with Gasteiger partial charge in [0, 0.05) is 0 Å². The molecule has 0 heterocycles. The normalized spacial score (nSPS) is 13.9. The van der Waals surface area contributed by atoms with Gasteiger partial charge >= 0.3 is 0 Å². The van der Waals surface area contributed by atoms with E-state index in [1.54, 1.807) is 0 Å². The van der Waals surface area contributed by atoms with Gasteiger partial charge in [0.1, 0.15) is 12.2 Å². The zero-order valence-electron chi connectivity index (χ0n) is 46.3. The second kappa shape index (κ2) is 57.4. The molecule has 0 radical (unpaired) electrons. The van der Waals surface area contributed by atoms with Gasteiger partial charge in [-0.3, -0.25) is 4.79 Å². The number of hydrogen-bond donors (Lipinski definition) is 5. The highest BCUT2D eigenvalue weighted by molar-refractivity contribution is 5.80. The summed E-state index contributed by atoms with van der Waals surface area (Å²) in [6.45, 7) is 4.06. The van der Waals surface area contributed by atoms with Gasteiger partial charge in [0.25, 0.3) is 0 Å². The number of nitrogens with one attached hydrogen (secondary N) is 1. The number of allylic oxidation sites excluding steroid dienone is 6. The Balaban J connectivity index is 3.57. The number of aliphatic hydroxyl groups is 4. The Morgan fingerprint density at radius 3 is 0.913 bits per heavy atom. The molecule has 408 valence electrons. The lowest BCUT2D eigenvalue weighted by Crippen LogP contribution is -2.53. The minimum Gasteiger partial charge on any atom is -0.394 e. The van der Waals surface area contributed by atoms with Crippen molar-refractivity contribution in [3.05, 3.63) is 36.5 Å². The van der Waals surface area contributed by atoms with E-state index in [0.717, 1.165) is 51.4 Å². The largest absolute Gasteiger partial charge is 0.394 e. The van der Waals surface area contributed by atoms with Crippen LogP contribution in [0.15, 0.2) is 36.5 Å². The van der Waals surface area contributed by atoms with Gasteiger partial charge in [0.2, 0.25) is 5.91 Å². The number of carbonyl (C=O) groups is 1. The summed E-state index contributed by atoms with van der Waals surface area (Å²) >= 11 is 0. The van der Waals surface area contributed by atoms with Gasteiger partial charge in [-0.2, -0.15) is 0 Å². The summed E-state index contributed by atoms with van der Waals surface area (Å²) in [7, 11) is 0. The first-order valence-corrected chi connectivity index (χ1v) is 30.9. The maximum Gasteiger partial charge on any atom is 0.249 e. The van der Waals surface area contributed by atoms with Gasteiger partial charge in [0.15, 0.2) is 0 Å². The second-order valence-electron chi connectivity index (χ2n) is 21.4. The molecule has 0 aliphatic heterocycles. The summed E-state index contributed by atoms with van der Waals surface area (Å²) < 4.78 is 0. The van der Waals surface area contributed by atoms with Gasteiger partial charge in [-0.25, -0.2) is 0 Å². The first-order chi connectivity index (χ1) is 34.0. The van der Waals surface area contributed by atoms with Crippen LogP contribution in [0.2, 0.25) is 0 Å². The van der Waals surface area contributed by atoms with Crippen LogP contribution in [0, 0.1) is 0 Å². The smallest absolute Gasteiger partial charge is 0.249 e. The van der Waals surface area contributed by atoms with Crippen molar-refractivity contribution in [3.8, 4) is 0 Å². The van der Waals surface area contributed by atoms with Crippen LogP contribution >= 0.6 is 0 Å². The van der Waals surface area contributed by atoms with Crippen LogP contribution < -0.4 is 5.32 Å². The summed E-state index contributed by atoms with van der Waals surface area (Å²) in [4.78, 5) is 12.6. The molecule has 0 aromatic heterocycles. The summed E-state index contributed by atoms with van der Waals surface area (Å²) in [6, 6.07) is -1.01. The van der Waals surface area contributed by atoms with Gasteiger partial charge in [-0.05, 0) is 64.2 Å². The summed E-state index contributed by atoms with van der Waals surface area (Å²) in [5, 5.41) is 44.0. The second-order valence-corrected chi connectivity index (χ2v) is 21.4. The molecule has 6 heteroatoms. The number of aliphatic hydroxyl groups excluding tert-OH is 4. The molecule has 0 fully saturated rings. The van der Waals surface area contributed by atoms with E-state index in [0.29, 0.717) is 19.3 Å². The van der Waals surface area contributed by atoms with Crippen molar-refractivity contribution in [2.45, 2.75) is 353 Å². The van der Waals surface area contributed by atoms with Gasteiger partial charge in [0.05, 0.1) is 18.8 Å². The van der Waals surface area contributed by atoms with Crippen LogP contribution in [0.4, 0.5) is 0 Å². The zero-order valence-corrected chi connectivity index (χ0v) is 46.3. The molecule has 0 aliphatic carbocycles. The summed E-state index contributed by atoms with van der Waals surface area (Å²) in [5.74, 6) is -0.594. The Bertz CT molecular complexity index is 1090. The fourth-order valence-electron chi connectivity index (χ4n) is 9.74. The fraction of sp³-hybridized carbons (Fsp3) is 0.889. The zero-order chi connectivity index (χ0) is 50.2. The van der Waals surface area contributed by atoms with E-state index in [-0.39, 0.29) is 0 Å². The van der Waals surface area contributed by atoms with Crippen molar-refractivity contribution in [2.75, 3.05) is 6.61 Å². The summed E-state index contributed by atoms with van der Waals surface area (Å²) in [5.41, 5.74) is 0. The Labute approximate surface area is 430 Å². The molecule has 1 amide bonds. The molecule has 4 unspecified atom stereocenters. The SMILES string of the molecule is CCCCCCCC/C=C/CC/C=C/CC/C=C/CCCC(O)C(O)C(CO)NC(=O)C(O)CCCCCCCCCCCCCCCCCCCCCCCCCCCCCCCCCCCC. The van der Waals surface area contributed by atoms with E-state index in [1.807, 2.05) is 0 Å². The number of amides is 1. The van der Waals surface area contributed by atoms with E-state index in [2.05, 4.69) is 55.6 Å². The topological polar surface area (TPSA) is 110 Å². The van der Waals surface area contributed by atoms with Gasteiger partial charge < -0.3 is 25.7 Å². The maximum atomic E-state index is 12.6. The van der Waals surface area contributed by atoms with Crippen LogP contribution in [0.3, 0.4) is 0 Å². The summed E-state index contributed by atoms with van der Waals surface area (Å²) in [6.07, 6.45) is 72.5. The van der Waals surface area contributed by atoms with Crippen molar-refractivity contribution < 1.29 is 25.2 Å². The van der Waals surface area contributed by atoms with Crippen molar-refractivity contribution in [2.24, 2.45) is 0 Å². The van der Waals surface area contributed by atoms with Gasteiger partial charge in [-0.15, -0.1) is 0 Å². The lowest BCUT2D eigenvalue weighted by atomic mass is 10.00. The molecule has 6 nitrogen and oxygen atoms in total. The minimum absolute atomic E-state index is 0.362. The standard InChI is InChI=1S/C63H121NO5/c1-3-5-7-9-11-13-15-17-19-21-23-24-25-26-27-28-29-30-31-32-33-34-35-36-37-39-41-43-45-47-49-51-53-55-57-61(67)63(69)64-59(58-65)62(68)60(66)56-54-52-50-48-46-44-42-40-38-22-20-18-16-14-12-10-8-6-4-2/h18,20,40,42,48,50,59-62,65-68H,3-17,19,21-39,41,43-47,49,51-58H2,1-2H3,(H,64,69)/b20-18+,42-40+,50-48+. The Hall–Kier alpha value is -1.47. The highest BCUT2D eigenvalue weighted by atomic mass is 16.3. The van der Waals surface area contributed by atoms with E-state index < -0.39 is 36.9 Å². The number of carbonyl (C=O) groups excluding carboxylic acids is 1. The van der Waals surface area contributed by atoms with Crippen LogP contribution in [0.1, 0.15) is 328 Å². The third-order valence-corrected chi connectivity index (χ3v) is 14.6. The molecule has 0 saturated carbocycles. The highest BCUT2D eigenvalue weighted by Crippen LogP contribution is 2.18. The predicted molar refractivity (Wildman–Crippen MR) is 302 cm³/mol. The third kappa shape index (κ3) is 51.2. The number of rotatable bonds is 57. The Morgan fingerprint density at radius 2 is 0.609 bits per heavy atom. The van der Waals surface area contributed by atoms with E-state index in [4.69, 9.17) is 0 Å². The molecule has 0 aromatic carbocycles. The van der Waals surface area contributed by atoms with E-state index >= 15 is 0 Å². The Kier molecular flexibility index (Phi) is 56.2. The predicted octanol–water partition coefficient (Wildman–Crippen LogP) is 18.4.